The number of nitrogens with zero attached hydrogens (tertiary/aromatic N) is 2. The highest BCUT2D eigenvalue weighted by Gasteiger charge is 2.08. The molecule has 0 saturated heterocycles. The normalized spacial score (nSPS) is 11.5. The van der Waals surface area contributed by atoms with Crippen LogP contribution < -0.4 is 0 Å². The van der Waals surface area contributed by atoms with E-state index in [4.69, 9.17) is 4.98 Å². The lowest BCUT2D eigenvalue weighted by molar-refractivity contribution is 0.590. The SMILES string of the molecule is CCCCCCCCCc1cn2cc(-c3ccc(CCCCCCCC)cc3)nc2s1. The van der Waals surface area contributed by atoms with Gasteiger partial charge in [0, 0.05) is 22.8 Å². The van der Waals surface area contributed by atoms with Crippen molar-refractivity contribution in [3.63, 3.8) is 0 Å². The molecule has 0 atom stereocenters. The Morgan fingerprint density at radius 2 is 1.26 bits per heavy atom. The van der Waals surface area contributed by atoms with Crippen molar-refractivity contribution in [1.29, 1.82) is 0 Å². The third kappa shape index (κ3) is 8.11. The molecule has 2 heterocycles. The van der Waals surface area contributed by atoms with E-state index in [1.165, 1.54) is 112 Å². The van der Waals surface area contributed by atoms with Gasteiger partial charge in [-0.25, -0.2) is 4.98 Å². The van der Waals surface area contributed by atoms with Crippen molar-refractivity contribution in [3.05, 3.63) is 47.1 Å². The van der Waals surface area contributed by atoms with Gasteiger partial charge in [0.2, 0.25) is 0 Å². The zero-order valence-corrected chi connectivity index (χ0v) is 20.7. The highest BCUT2D eigenvalue weighted by molar-refractivity contribution is 7.17. The lowest BCUT2D eigenvalue weighted by atomic mass is 10.0. The molecule has 0 aliphatic heterocycles. The average molecular weight is 439 g/mol. The van der Waals surface area contributed by atoms with Gasteiger partial charge in [-0.3, -0.25) is 4.40 Å². The molecule has 0 aliphatic carbocycles. The Labute approximate surface area is 194 Å². The van der Waals surface area contributed by atoms with Crippen LogP contribution in [0.3, 0.4) is 0 Å². The second-order valence-electron chi connectivity index (χ2n) is 9.10. The smallest absolute Gasteiger partial charge is 0.194 e. The second-order valence-corrected chi connectivity index (χ2v) is 10.2. The van der Waals surface area contributed by atoms with Crippen LogP contribution in [-0.2, 0) is 12.8 Å². The van der Waals surface area contributed by atoms with Gasteiger partial charge < -0.3 is 0 Å². The number of unbranched alkanes of at least 4 members (excludes halogenated alkanes) is 11. The maximum Gasteiger partial charge on any atom is 0.194 e. The van der Waals surface area contributed by atoms with Crippen molar-refractivity contribution in [2.45, 2.75) is 110 Å². The van der Waals surface area contributed by atoms with Crippen LogP contribution in [0.4, 0.5) is 0 Å². The van der Waals surface area contributed by atoms with E-state index in [0.29, 0.717) is 0 Å². The van der Waals surface area contributed by atoms with Crippen LogP contribution in [0.1, 0.15) is 108 Å². The Morgan fingerprint density at radius 3 is 1.87 bits per heavy atom. The van der Waals surface area contributed by atoms with E-state index in [1.54, 1.807) is 0 Å². The molecule has 0 unspecified atom stereocenters. The Hall–Kier alpha value is -1.61. The van der Waals surface area contributed by atoms with E-state index in [9.17, 15) is 0 Å². The molecule has 1 aromatic carbocycles. The van der Waals surface area contributed by atoms with Crippen molar-refractivity contribution >= 4 is 16.3 Å². The van der Waals surface area contributed by atoms with Gasteiger partial charge in [0.05, 0.1) is 5.69 Å². The molecule has 0 N–H and O–H groups in total. The number of aromatic nitrogens is 2. The van der Waals surface area contributed by atoms with Crippen LogP contribution >= 0.6 is 11.3 Å². The minimum absolute atomic E-state index is 1.10. The molecular formula is C28H42N2S. The number of fused-ring (bicyclic) bond motifs is 1. The summed E-state index contributed by atoms with van der Waals surface area (Å²) in [5.41, 5.74) is 3.79. The first-order valence-electron chi connectivity index (χ1n) is 12.9. The molecule has 0 bridgehead atoms. The van der Waals surface area contributed by atoms with Crippen LogP contribution in [0.15, 0.2) is 36.7 Å². The summed E-state index contributed by atoms with van der Waals surface area (Å²) in [6.07, 6.45) is 24.7. The van der Waals surface area contributed by atoms with Crippen molar-refractivity contribution in [2.75, 3.05) is 0 Å². The standard InChI is InChI=1S/C28H42N2S/c1-3-5-7-9-11-13-15-17-26-22-30-23-27(29-28(30)31-26)25-20-18-24(19-21-25)16-14-12-10-8-6-4-2/h18-23H,3-17H2,1-2H3. The van der Waals surface area contributed by atoms with E-state index in [2.05, 4.69) is 54.9 Å². The molecule has 31 heavy (non-hydrogen) atoms. The molecule has 3 rings (SSSR count). The zero-order chi connectivity index (χ0) is 21.7. The monoisotopic (exact) mass is 438 g/mol. The molecule has 2 nitrogen and oxygen atoms in total. The lowest BCUT2D eigenvalue weighted by Crippen LogP contribution is -1.87. The number of imidazole rings is 1. The lowest BCUT2D eigenvalue weighted by Gasteiger charge is -2.03. The molecule has 3 heteroatoms. The third-order valence-electron chi connectivity index (χ3n) is 6.30. The van der Waals surface area contributed by atoms with Crippen molar-refractivity contribution in [3.8, 4) is 11.3 Å². The number of thiazole rings is 1. The number of hydrogen-bond donors (Lipinski definition) is 0. The molecule has 170 valence electrons. The van der Waals surface area contributed by atoms with E-state index in [-0.39, 0.29) is 0 Å². The molecule has 0 saturated carbocycles. The summed E-state index contributed by atoms with van der Waals surface area (Å²) in [6.45, 7) is 4.56. The van der Waals surface area contributed by atoms with Gasteiger partial charge in [-0.2, -0.15) is 0 Å². The average Bonchev–Trinajstić information content (AvgIpc) is 3.35. The fourth-order valence-corrected chi connectivity index (χ4v) is 5.31. The first kappa shape index (κ1) is 24.0. The van der Waals surface area contributed by atoms with Crippen LogP contribution in [-0.4, -0.2) is 9.38 Å². The number of aryl methyl sites for hydroxylation is 2. The summed E-state index contributed by atoms with van der Waals surface area (Å²) >= 11 is 1.86. The number of hydrogen-bond acceptors (Lipinski definition) is 2. The Balaban J connectivity index is 1.42. The zero-order valence-electron chi connectivity index (χ0n) is 19.9. The number of rotatable bonds is 16. The van der Waals surface area contributed by atoms with Crippen LogP contribution in [0.25, 0.3) is 16.2 Å². The highest BCUT2D eigenvalue weighted by Crippen LogP contribution is 2.26. The van der Waals surface area contributed by atoms with Crippen LogP contribution in [0.5, 0.6) is 0 Å². The van der Waals surface area contributed by atoms with E-state index in [0.717, 1.165) is 10.7 Å². The van der Waals surface area contributed by atoms with Crippen molar-refractivity contribution in [1.82, 2.24) is 9.38 Å². The maximum atomic E-state index is 4.90. The van der Waals surface area contributed by atoms with Gasteiger partial charge in [0.15, 0.2) is 4.96 Å². The van der Waals surface area contributed by atoms with Crippen LogP contribution in [0.2, 0.25) is 0 Å². The Morgan fingerprint density at radius 1 is 0.677 bits per heavy atom. The predicted molar refractivity (Wildman–Crippen MR) is 137 cm³/mol. The summed E-state index contributed by atoms with van der Waals surface area (Å²) in [6, 6.07) is 9.08. The van der Waals surface area contributed by atoms with Gasteiger partial charge in [-0.15, -0.1) is 11.3 Å². The molecule has 0 aliphatic rings. The van der Waals surface area contributed by atoms with Gasteiger partial charge in [-0.05, 0) is 31.2 Å². The molecule has 0 amide bonds. The first-order valence-corrected chi connectivity index (χ1v) is 13.7. The summed E-state index contributed by atoms with van der Waals surface area (Å²) in [4.78, 5) is 7.50. The van der Waals surface area contributed by atoms with Crippen LogP contribution in [0, 0.1) is 0 Å². The number of benzene rings is 1. The third-order valence-corrected chi connectivity index (χ3v) is 7.36. The quantitative estimate of drug-likeness (QED) is 0.204. The molecule has 0 fully saturated rings. The summed E-state index contributed by atoms with van der Waals surface area (Å²) in [5, 5.41) is 0. The first-order chi connectivity index (χ1) is 15.3. The predicted octanol–water partition coefficient (Wildman–Crippen LogP) is 9.26. The second kappa shape index (κ2) is 13.7. The van der Waals surface area contributed by atoms with Gasteiger partial charge >= 0.3 is 0 Å². The molecule has 3 aromatic rings. The van der Waals surface area contributed by atoms with E-state index < -0.39 is 0 Å². The summed E-state index contributed by atoms with van der Waals surface area (Å²) in [5.74, 6) is 0. The largest absolute Gasteiger partial charge is 0.297 e. The highest BCUT2D eigenvalue weighted by atomic mass is 32.1. The van der Waals surface area contributed by atoms with Crippen molar-refractivity contribution < 1.29 is 0 Å². The topological polar surface area (TPSA) is 17.3 Å². The minimum Gasteiger partial charge on any atom is -0.297 e. The maximum absolute atomic E-state index is 4.90. The molecule has 0 spiro atoms. The van der Waals surface area contributed by atoms with E-state index in [1.807, 2.05) is 11.3 Å². The molecular weight excluding hydrogens is 396 g/mol. The summed E-state index contributed by atoms with van der Waals surface area (Å²) < 4.78 is 2.22. The van der Waals surface area contributed by atoms with Gasteiger partial charge in [-0.1, -0.05) is 109 Å². The Bertz CT molecular complexity index is 827. The van der Waals surface area contributed by atoms with Gasteiger partial charge in [0.1, 0.15) is 0 Å². The minimum atomic E-state index is 1.10. The molecule has 0 radical (unpaired) electrons. The Kier molecular flexibility index (Phi) is 10.6. The van der Waals surface area contributed by atoms with E-state index >= 15 is 0 Å². The summed E-state index contributed by atoms with van der Waals surface area (Å²) in [7, 11) is 0. The fourth-order valence-electron chi connectivity index (χ4n) is 4.31. The fraction of sp³-hybridized carbons (Fsp3) is 0.607. The van der Waals surface area contributed by atoms with Crippen molar-refractivity contribution in [2.24, 2.45) is 0 Å². The van der Waals surface area contributed by atoms with Gasteiger partial charge in [0.25, 0.3) is 0 Å². The molecule has 2 aromatic heterocycles.